The van der Waals surface area contributed by atoms with E-state index < -0.39 is 0 Å². The van der Waals surface area contributed by atoms with Gasteiger partial charge >= 0.3 is 6.03 Å². The monoisotopic (exact) mass is 199 g/mol. The summed E-state index contributed by atoms with van der Waals surface area (Å²) in [5.74, 6) is 0. The topological polar surface area (TPSA) is 67.6 Å². The standard InChI is InChI=1S/C9H17N3O2/c10-9(13)12-3-1-7(2-4-12)11-8-5-14-6-8/h7-8,11H,1-6H2,(H2,10,13). The Morgan fingerprint density at radius 3 is 2.36 bits per heavy atom. The van der Waals surface area contributed by atoms with Gasteiger partial charge in [0.25, 0.3) is 0 Å². The number of piperidine rings is 1. The van der Waals surface area contributed by atoms with E-state index >= 15 is 0 Å². The van der Waals surface area contributed by atoms with Crippen LogP contribution in [0, 0.1) is 0 Å². The van der Waals surface area contributed by atoms with Gasteiger partial charge < -0.3 is 20.7 Å². The highest BCUT2D eigenvalue weighted by Gasteiger charge is 2.25. The smallest absolute Gasteiger partial charge is 0.314 e. The molecule has 3 N–H and O–H groups in total. The maximum absolute atomic E-state index is 10.9. The van der Waals surface area contributed by atoms with E-state index in [1.54, 1.807) is 4.90 Å². The quantitative estimate of drug-likeness (QED) is 0.631. The minimum Gasteiger partial charge on any atom is -0.378 e. The Hall–Kier alpha value is -0.810. The molecular weight excluding hydrogens is 182 g/mol. The molecule has 0 saturated carbocycles. The number of hydrogen-bond donors (Lipinski definition) is 2. The molecule has 0 atom stereocenters. The van der Waals surface area contributed by atoms with Gasteiger partial charge in [0.1, 0.15) is 0 Å². The van der Waals surface area contributed by atoms with Gasteiger partial charge in [0.2, 0.25) is 0 Å². The lowest BCUT2D eigenvalue weighted by Gasteiger charge is -2.36. The highest BCUT2D eigenvalue weighted by molar-refractivity contribution is 5.72. The molecule has 2 heterocycles. The highest BCUT2D eigenvalue weighted by atomic mass is 16.5. The Kier molecular flexibility index (Phi) is 2.88. The Labute approximate surface area is 83.6 Å². The SMILES string of the molecule is NC(=O)N1CCC(NC2COC2)CC1. The molecule has 5 nitrogen and oxygen atoms in total. The molecule has 2 saturated heterocycles. The summed E-state index contributed by atoms with van der Waals surface area (Å²) in [5.41, 5.74) is 5.20. The average molecular weight is 199 g/mol. The van der Waals surface area contributed by atoms with E-state index in [0.717, 1.165) is 39.1 Å². The van der Waals surface area contributed by atoms with E-state index in [9.17, 15) is 4.79 Å². The number of likely N-dealkylation sites (tertiary alicyclic amines) is 1. The predicted molar refractivity (Wildman–Crippen MR) is 51.9 cm³/mol. The van der Waals surface area contributed by atoms with Crippen molar-refractivity contribution in [1.82, 2.24) is 10.2 Å². The zero-order chi connectivity index (χ0) is 9.97. The summed E-state index contributed by atoms with van der Waals surface area (Å²) in [6.07, 6.45) is 2.00. The van der Waals surface area contributed by atoms with Crippen molar-refractivity contribution in [2.75, 3.05) is 26.3 Å². The molecule has 2 aliphatic heterocycles. The summed E-state index contributed by atoms with van der Waals surface area (Å²) in [6.45, 7) is 3.22. The first kappa shape index (κ1) is 9.73. The van der Waals surface area contributed by atoms with Crippen LogP contribution in [0.4, 0.5) is 4.79 Å². The third kappa shape index (κ3) is 2.16. The molecule has 80 valence electrons. The van der Waals surface area contributed by atoms with Gasteiger partial charge in [-0.05, 0) is 12.8 Å². The van der Waals surface area contributed by atoms with Crippen LogP contribution >= 0.6 is 0 Å². The average Bonchev–Trinajstić information content (AvgIpc) is 2.12. The second-order valence-corrected chi connectivity index (χ2v) is 4.00. The maximum atomic E-state index is 10.9. The van der Waals surface area contributed by atoms with E-state index in [1.807, 2.05) is 0 Å². The molecule has 0 bridgehead atoms. The fourth-order valence-corrected chi connectivity index (χ4v) is 1.93. The van der Waals surface area contributed by atoms with Gasteiger partial charge in [0.15, 0.2) is 0 Å². The fraction of sp³-hybridized carbons (Fsp3) is 0.889. The first-order valence-electron chi connectivity index (χ1n) is 5.14. The number of hydrogen-bond acceptors (Lipinski definition) is 3. The summed E-state index contributed by atoms with van der Waals surface area (Å²) in [6, 6.07) is 0.759. The zero-order valence-corrected chi connectivity index (χ0v) is 8.24. The lowest BCUT2D eigenvalue weighted by atomic mass is 10.0. The third-order valence-electron chi connectivity index (χ3n) is 2.92. The van der Waals surface area contributed by atoms with E-state index in [1.165, 1.54) is 0 Å². The van der Waals surface area contributed by atoms with E-state index in [-0.39, 0.29) is 6.03 Å². The number of amides is 2. The summed E-state index contributed by atoms with van der Waals surface area (Å²) < 4.78 is 5.09. The van der Waals surface area contributed by atoms with E-state index in [4.69, 9.17) is 10.5 Å². The van der Waals surface area contributed by atoms with Crippen molar-refractivity contribution in [2.45, 2.75) is 24.9 Å². The number of rotatable bonds is 2. The normalized spacial score (nSPS) is 24.7. The Morgan fingerprint density at radius 1 is 1.29 bits per heavy atom. The number of primary amides is 1. The number of ether oxygens (including phenoxy) is 1. The molecule has 0 aromatic heterocycles. The first-order valence-corrected chi connectivity index (χ1v) is 5.14. The van der Waals surface area contributed by atoms with Crippen LogP contribution in [0.2, 0.25) is 0 Å². The Bertz CT molecular complexity index is 210. The van der Waals surface area contributed by atoms with Crippen molar-refractivity contribution in [2.24, 2.45) is 5.73 Å². The predicted octanol–water partition coefficient (Wildman–Crippen LogP) is -0.482. The van der Waals surface area contributed by atoms with Gasteiger partial charge in [-0.25, -0.2) is 4.79 Å². The molecule has 2 aliphatic rings. The molecule has 0 aliphatic carbocycles. The van der Waals surface area contributed by atoms with Crippen molar-refractivity contribution in [1.29, 1.82) is 0 Å². The van der Waals surface area contributed by atoms with Crippen molar-refractivity contribution in [3.05, 3.63) is 0 Å². The summed E-state index contributed by atoms with van der Waals surface area (Å²) >= 11 is 0. The van der Waals surface area contributed by atoms with Crippen LogP contribution in [0.25, 0.3) is 0 Å². The zero-order valence-electron chi connectivity index (χ0n) is 8.24. The highest BCUT2D eigenvalue weighted by Crippen LogP contribution is 2.12. The molecule has 2 rings (SSSR count). The molecule has 14 heavy (non-hydrogen) atoms. The van der Waals surface area contributed by atoms with Crippen LogP contribution in [-0.4, -0.2) is 49.3 Å². The van der Waals surface area contributed by atoms with Gasteiger partial charge in [-0.2, -0.15) is 0 Å². The van der Waals surface area contributed by atoms with Crippen LogP contribution in [0.1, 0.15) is 12.8 Å². The first-order chi connectivity index (χ1) is 6.75. The van der Waals surface area contributed by atoms with E-state index in [0.29, 0.717) is 12.1 Å². The molecule has 0 radical (unpaired) electrons. The largest absolute Gasteiger partial charge is 0.378 e. The minimum absolute atomic E-state index is 0.296. The Morgan fingerprint density at radius 2 is 1.93 bits per heavy atom. The second kappa shape index (κ2) is 4.14. The maximum Gasteiger partial charge on any atom is 0.314 e. The number of nitrogens with two attached hydrogens (primary N) is 1. The lowest BCUT2D eigenvalue weighted by Crippen LogP contribution is -2.54. The fourth-order valence-electron chi connectivity index (χ4n) is 1.93. The number of carbonyl (C=O) groups is 1. The third-order valence-corrected chi connectivity index (χ3v) is 2.92. The molecule has 5 heteroatoms. The Balaban J connectivity index is 1.69. The number of carbonyl (C=O) groups excluding carboxylic acids is 1. The molecule has 2 fully saturated rings. The van der Waals surface area contributed by atoms with Gasteiger partial charge in [0.05, 0.1) is 19.3 Å². The summed E-state index contributed by atoms with van der Waals surface area (Å²) in [4.78, 5) is 12.6. The molecule has 0 spiro atoms. The van der Waals surface area contributed by atoms with Crippen LogP contribution in [0.5, 0.6) is 0 Å². The lowest BCUT2D eigenvalue weighted by molar-refractivity contribution is -0.0128. The van der Waals surface area contributed by atoms with Gasteiger partial charge in [-0.15, -0.1) is 0 Å². The molecule has 0 unspecified atom stereocenters. The molecule has 0 aromatic rings. The van der Waals surface area contributed by atoms with Crippen LogP contribution in [0.15, 0.2) is 0 Å². The summed E-state index contributed by atoms with van der Waals surface area (Å²) in [7, 11) is 0. The minimum atomic E-state index is -0.296. The second-order valence-electron chi connectivity index (χ2n) is 4.00. The van der Waals surface area contributed by atoms with Crippen molar-refractivity contribution in [3.63, 3.8) is 0 Å². The number of nitrogens with one attached hydrogen (secondary N) is 1. The van der Waals surface area contributed by atoms with Crippen LogP contribution in [0.3, 0.4) is 0 Å². The number of urea groups is 1. The van der Waals surface area contributed by atoms with Crippen molar-refractivity contribution in [3.8, 4) is 0 Å². The van der Waals surface area contributed by atoms with Crippen LogP contribution < -0.4 is 11.1 Å². The van der Waals surface area contributed by atoms with Gasteiger partial charge in [-0.3, -0.25) is 0 Å². The number of nitrogens with zero attached hydrogens (tertiary/aromatic N) is 1. The molecule has 0 aromatic carbocycles. The van der Waals surface area contributed by atoms with Crippen molar-refractivity contribution < 1.29 is 9.53 Å². The molecular formula is C9H17N3O2. The van der Waals surface area contributed by atoms with Crippen molar-refractivity contribution >= 4 is 6.03 Å². The van der Waals surface area contributed by atoms with Crippen LogP contribution in [-0.2, 0) is 4.74 Å². The van der Waals surface area contributed by atoms with E-state index in [2.05, 4.69) is 5.32 Å². The van der Waals surface area contributed by atoms with Gasteiger partial charge in [0, 0.05) is 19.1 Å². The summed E-state index contributed by atoms with van der Waals surface area (Å²) in [5, 5.41) is 3.51. The molecule has 2 amide bonds. The van der Waals surface area contributed by atoms with Gasteiger partial charge in [-0.1, -0.05) is 0 Å².